The zero-order valence-corrected chi connectivity index (χ0v) is 7.55. The van der Waals surface area contributed by atoms with Gasteiger partial charge in [-0.2, -0.15) is 0 Å². The van der Waals surface area contributed by atoms with Crippen LogP contribution in [0.2, 0.25) is 0 Å². The second-order valence-corrected chi connectivity index (χ2v) is 2.52. The largest absolute Gasteiger partial charge is 0.465 e. The maximum absolute atomic E-state index is 10.3. The maximum atomic E-state index is 10.3. The van der Waals surface area contributed by atoms with E-state index in [9.17, 15) is 9.59 Å². The third-order valence-corrected chi connectivity index (χ3v) is 1.04. The number of carbonyl (C=O) groups excluding carboxylic acids is 2. The van der Waals surface area contributed by atoms with E-state index in [-0.39, 0.29) is 25.2 Å². The Hall–Kier alpha value is -1.06. The van der Waals surface area contributed by atoms with Crippen molar-refractivity contribution < 1.29 is 19.1 Å². The van der Waals surface area contributed by atoms with Crippen molar-refractivity contribution in [3.05, 3.63) is 5.92 Å². The summed E-state index contributed by atoms with van der Waals surface area (Å²) in [7, 11) is 0. The lowest BCUT2D eigenvalue weighted by Crippen LogP contribution is -2.14. The second-order valence-electron chi connectivity index (χ2n) is 2.52. The Labute approximate surface area is 71.8 Å². The van der Waals surface area contributed by atoms with Gasteiger partial charge in [0.2, 0.25) is 0 Å². The molecule has 12 heavy (non-hydrogen) atoms. The molecule has 0 bridgehead atoms. The van der Waals surface area contributed by atoms with Gasteiger partial charge in [-0.1, -0.05) is 6.92 Å². The number of ether oxygens (including phenoxy) is 2. The first-order valence-corrected chi connectivity index (χ1v) is 3.60. The van der Waals surface area contributed by atoms with Gasteiger partial charge in [0.25, 0.3) is 0 Å². The zero-order chi connectivity index (χ0) is 9.56. The number of esters is 2. The van der Waals surface area contributed by atoms with Crippen molar-refractivity contribution in [1.82, 2.24) is 0 Å². The van der Waals surface area contributed by atoms with E-state index in [2.05, 4.69) is 9.47 Å². The summed E-state index contributed by atoms with van der Waals surface area (Å²) in [6.45, 7) is 4.84. The molecule has 0 aromatic rings. The molecule has 0 N–H and O–H groups in total. The molecule has 0 saturated heterocycles. The zero-order valence-electron chi connectivity index (χ0n) is 7.55. The molecule has 0 aliphatic rings. The van der Waals surface area contributed by atoms with Crippen LogP contribution in [0.3, 0.4) is 0 Å². The van der Waals surface area contributed by atoms with E-state index in [1.807, 2.05) is 0 Å². The first kappa shape index (κ1) is 10.9. The summed E-state index contributed by atoms with van der Waals surface area (Å²) in [6, 6.07) is 0. The Kier molecular flexibility index (Phi) is 5.08. The van der Waals surface area contributed by atoms with Crippen molar-refractivity contribution >= 4 is 11.9 Å². The minimum Gasteiger partial charge on any atom is -0.465 e. The predicted molar refractivity (Wildman–Crippen MR) is 42.2 cm³/mol. The summed E-state index contributed by atoms with van der Waals surface area (Å²) < 4.78 is 9.34. The topological polar surface area (TPSA) is 52.6 Å². The van der Waals surface area contributed by atoms with Gasteiger partial charge < -0.3 is 9.47 Å². The van der Waals surface area contributed by atoms with Crippen LogP contribution in [0.25, 0.3) is 0 Å². The van der Waals surface area contributed by atoms with Gasteiger partial charge in [0.1, 0.15) is 13.2 Å². The van der Waals surface area contributed by atoms with E-state index in [1.54, 1.807) is 6.92 Å². The molecular weight excluding hydrogens is 160 g/mol. The lowest BCUT2D eigenvalue weighted by molar-refractivity contribution is -0.142. The van der Waals surface area contributed by atoms with Crippen molar-refractivity contribution in [3.63, 3.8) is 0 Å². The Morgan fingerprint density at radius 2 is 1.25 bits per heavy atom. The van der Waals surface area contributed by atoms with Crippen molar-refractivity contribution in [1.29, 1.82) is 0 Å². The molecule has 0 aliphatic heterocycles. The van der Waals surface area contributed by atoms with Crippen LogP contribution in [0, 0.1) is 5.92 Å². The van der Waals surface area contributed by atoms with Crippen LogP contribution in [0.1, 0.15) is 20.8 Å². The number of hydrogen-bond acceptors (Lipinski definition) is 4. The molecule has 69 valence electrons. The molecule has 0 rings (SSSR count). The third-order valence-electron chi connectivity index (χ3n) is 1.04. The molecular formula is C8H13O4. The van der Waals surface area contributed by atoms with Crippen LogP contribution >= 0.6 is 0 Å². The quantitative estimate of drug-likeness (QED) is 0.587. The van der Waals surface area contributed by atoms with Crippen LogP contribution in [-0.4, -0.2) is 25.2 Å². The Morgan fingerprint density at radius 1 is 0.917 bits per heavy atom. The van der Waals surface area contributed by atoms with Crippen molar-refractivity contribution in [2.75, 3.05) is 13.2 Å². The fourth-order valence-electron chi connectivity index (χ4n) is 0.491. The van der Waals surface area contributed by atoms with E-state index in [4.69, 9.17) is 0 Å². The van der Waals surface area contributed by atoms with Crippen molar-refractivity contribution in [3.8, 4) is 0 Å². The number of hydrogen-bond donors (Lipinski definition) is 0. The standard InChI is InChI=1S/C8H13O4/c1-6(4-11-7(2)9)5-12-8(3)10/h4-5H2,1-3H3. The average Bonchev–Trinajstić information content (AvgIpc) is 1.96. The van der Waals surface area contributed by atoms with Gasteiger partial charge in [-0.3, -0.25) is 9.59 Å². The summed E-state index contributed by atoms with van der Waals surface area (Å²) >= 11 is 0. The van der Waals surface area contributed by atoms with Crippen LogP contribution in [0.15, 0.2) is 0 Å². The minimum absolute atomic E-state index is 0.211. The van der Waals surface area contributed by atoms with Crippen molar-refractivity contribution in [2.24, 2.45) is 0 Å². The third kappa shape index (κ3) is 7.05. The monoisotopic (exact) mass is 173 g/mol. The highest BCUT2D eigenvalue weighted by atomic mass is 16.5. The molecule has 4 nitrogen and oxygen atoms in total. The first-order chi connectivity index (χ1) is 5.52. The van der Waals surface area contributed by atoms with E-state index >= 15 is 0 Å². The Balaban J connectivity index is 3.39. The van der Waals surface area contributed by atoms with E-state index < -0.39 is 0 Å². The predicted octanol–water partition coefficient (Wildman–Crippen LogP) is 0.707. The molecule has 0 spiro atoms. The van der Waals surface area contributed by atoms with E-state index in [0.717, 1.165) is 5.92 Å². The molecule has 1 radical (unpaired) electrons. The molecule has 0 fully saturated rings. The minimum atomic E-state index is -0.336. The molecule has 0 saturated carbocycles. The highest BCUT2D eigenvalue weighted by Gasteiger charge is 2.06. The second kappa shape index (κ2) is 5.57. The van der Waals surface area contributed by atoms with Crippen LogP contribution in [0.5, 0.6) is 0 Å². The maximum Gasteiger partial charge on any atom is 0.302 e. The summed E-state index contributed by atoms with van der Waals surface area (Å²) in [5.74, 6) is 0.134. The molecule has 0 amide bonds. The Bertz CT molecular complexity index is 146. The molecule has 0 aromatic heterocycles. The summed E-state index contributed by atoms with van der Waals surface area (Å²) in [6.07, 6.45) is 0. The van der Waals surface area contributed by atoms with Gasteiger partial charge >= 0.3 is 11.9 Å². The fourth-order valence-corrected chi connectivity index (χ4v) is 0.491. The number of carbonyl (C=O) groups is 2. The van der Waals surface area contributed by atoms with Gasteiger partial charge in [-0.25, -0.2) is 0 Å². The van der Waals surface area contributed by atoms with Gasteiger partial charge in [-0.05, 0) is 0 Å². The van der Waals surface area contributed by atoms with Gasteiger partial charge in [0.05, 0.1) is 0 Å². The normalized spacial score (nSPS) is 9.67. The van der Waals surface area contributed by atoms with Crippen molar-refractivity contribution in [2.45, 2.75) is 20.8 Å². The lowest BCUT2D eigenvalue weighted by Gasteiger charge is -2.09. The molecule has 4 heteroatoms. The molecule has 0 heterocycles. The molecule has 0 aromatic carbocycles. The molecule has 0 unspecified atom stereocenters. The number of rotatable bonds is 4. The van der Waals surface area contributed by atoms with Crippen LogP contribution < -0.4 is 0 Å². The summed E-state index contributed by atoms with van der Waals surface area (Å²) in [5, 5.41) is 0. The van der Waals surface area contributed by atoms with Gasteiger partial charge in [-0.15, -0.1) is 0 Å². The smallest absolute Gasteiger partial charge is 0.302 e. The molecule has 0 aliphatic carbocycles. The van der Waals surface area contributed by atoms with E-state index in [0.29, 0.717) is 0 Å². The van der Waals surface area contributed by atoms with Crippen LogP contribution in [-0.2, 0) is 19.1 Å². The molecule has 0 atom stereocenters. The summed E-state index contributed by atoms with van der Waals surface area (Å²) in [4.78, 5) is 20.7. The van der Waals surface area contributed by atoms with Gasteiger partial charge in [0.15, 0.2) is 0 Å². The Morgan fingerprint density at radius 3 is 1.50 bits per heavy atom. The van der Waals surface area contributed by atoms with Crippen LogP contribution in [0.4, 0.5) is 0 Å². The highest BCUT2D eigenvalue weighted by molar-refractivity contribution is 5.66. The SMILES string of the molecule is C[C](COC(C)=O)COC(C)=O. The average molecular weight is 173 g/mol. The highest BCUT2D eigenvalue weighted by Crippen LogP contribution is 1.99. The van der Waals surface area contributed by atoms with Gasteiger partial charge in [0, 0.05) is 19.8 Å². The van der Waals surface area contributed by atoms with E-state index in [1.165, 1.54) is 13.8 Å². The summed E-state index contributed by atoms with van der Waals surface area (Å²) in [5.41, 5.74) is 0. The first-order valence-electron chi connectivity index (χ1n) is 3.60. The fraction of sp³-hybridized carbons (Fsp3) is 0.625. The lowest BCUT2D eigenvalue weighted by atomic mass is 10.2.